The molecule has 0 unspecified atom stereocenters. The maximum absolute atomic E-state index is 13.3. The molecular weight excluding hydrogens is 375 g/mol. The molecule has 0 N–H and O–H groups in total. The fourth-order valence-electron chi connectivity index (χ4n) is 2.51. The minimum Gasteiger partial charge on any atom is -0.404 e. The molecule has 6 heteroatoms. The van der Waals surface area contributed by atoms with Crippen molar-refractivity contribution in [1.82, 2.24) is 0 Å². The number of aryl methyl sites for hydroxylation is 1. The fraction of sp³-hybridized carbons (Fsp3) is 0.136. The van der Waals surface area contributed by atoms with Gasteiger partial charge in [0.2, 0.25) is 0 Å². The van der Waals surface area contributed by atoms with Crippen LogP contribution in [0.1, 0.15) is 27.0 Å². The molecule has 0 aliphatic heterocycles. The van der Waals surface area contributed by atoms with Gasteiger partial charge in [0, 0.05) is 5.56 Å². The lowest BCUT2D eigenvalue weighted by Gasteiger charge is -2.20. The van der Waals surface area contributed by atoms with E-state index in [2.05, 4.69) is 0 Å². The van der Waals surface area contributed by atoms with Gasteiger partial charge in [-0.1, -0.05) is 60.7 Å². The molecule has 0 fully saturated rings. The van der Waals surface area contributed by atoms with Gasteiger partial charge in [-0.25, -0.2) is 4.57 Å². The molecule has 0 saturated heterocycles. The first-order valence-corrected chi connectivity index (χ1v) is 10.3. The van der Waals surface area contributed by atoms with Crippen LogP contribution in [0.4, 0.5) is 0 Å². The van der Waals surface area contributed by atoms with Gasteiger partial charge in [-0.05, 0) is 41.8 Å². The molecule has 3 aromatic rings. The summed E-state index contributed by atoms with van der Waals surface area (Å²) in [6.45, 7) is 1.93. The van der Waals surface area contributed by atoms with Crippen molar-refractivity contribution in [3.8, 4) is 5.75 Å². The Bertz CT molecular complexity index is 910. The highest BCUT2D eigenvalue weighted by molar-refractivity contribution is 7.48. The van der Waals surface area contributed by atoms with E-state index in [4.69, 9.17) is 13.6 Å². The third kappa shape index (κ3) is 5.64. The lowest BCUT2D eigenvalue weighted by atomic mass is 10.1. The van der Waals surface area contributed by atoms with Gasteiger partial charge in [-0.2, -0.15) is 0 Å². The Balaban J connectivity index is 1.78. The van der Waals surface area contributed by atoms with E-state index >= 15 is 0 Å². The summed E-state index contributed by atoms with van der Waals surface area (Å²) in [5.41, 5.74) is 2.87. The number of carbonyl (C=O) groups is 1. The Morgan fingerprint density at radius 1 is 0.821 bits per heavy atom. The van der Waals surface area contributed by atoms with Gasteiger partial charge in [0.25, 0.3) is 0 Å². The Morgan fingerprint density at radius 2 is 1.36 bits per heavy atom. The van der Waals surface area contributed by atoms with E-state index in [0.29, 0.717) is 16.9 Å². The van der Waals surface area contributed by atoms with Crippen molar-refractivity contribution in [1.29, 1.82) is 0 Å². The first-order valence-electron chi connectivity index (χ1n) is 8.80. The molecule has 28 heavy (non-hydrogen) atoms. The van der Waals surface area contributed by atoms with Gasteiger partial charge in [-0.15, -0.1) is 0 Å². The molecule has 0 atom stereocenters. The molecule has 0 radical (unpaired) electrons. The van der Waals surface area contributed by atoms with Crippen LogP contribution in [0, 0.1) is 6.92 Å². The van der Waals surface area contributed by atoms with E-state index in [-0.39, 0.29) is 13.2 Å². The lowest BCUT2D eigenvalue weighted by Crippen LogP contribution is -2.04. The van der Waals surface area contributed by atoms with E-state index in [0.717, 1.165) is 17.4 Å². The summed E-state index contributed by atoms with van der Waals surface area (Å²) in [4.78, 5) is 10.9. The van der Waals surface area contributed by atoms with Crippen LogP contribution in [-0.4, -0.2) is 6.29 Å². The highest BCUT2D eigenvalue weighted by atomic mass is 31.2. The number of benzene rings is 3. The molecule has 0 aliphatic carbocycles. The number of hydrogen-bond acceptors (Lipinski definition) is 5. The summed E-state index contributed by atoms with van der Waals surface area (Å²) in [5.74, 6) is 0.343. The van der Waals surface area contributed by atoms with Crippen LogP contribution >= 0.6 is 7.82 Å². The summed E-state index contributed by atoms with van der Waals surface area (Å²) in [7, 11) is -3.91. The van der Waals surface area contributed by atoms with E-state index in [1.54, 1.807) is 25.1 Å². The van der Waals surface area contributed by atoms with Crippen LogP contribution in [0.2, 0.25) is 0 Å². The average molecular weight is 396 g/mol. The molecule has 0 heterocycles. The molecule has 0 bridgehead atoms. The predicted octanol–water partition coefficient (Wildman–Crippen LogP) is 5.73. The lowest BCUT2D eigenvalue weighted by molar-refractivity contribution is 0.112. The quantitative estimate of drug-likeness (QED) is 0.342. The Kier molecular flexibility index (Phi) is 6.77. The second kappa shape index (κ2) is 9.47. The molecule has 144 valence electrons. The molecule has 0 saturated carbocycles. The molecule has 3 rings (SSSR count). The van der Waals surface area contributed by atoms with Crippen molar-refractivity contribution in [3.05, 3.63) is 101 Å². The molecule has 0 aliphatic rings. The van der Waals surface area contributed by atoms with Crippen LogP contribution in [-0.2, 0) is 26.8 Å². The Morgan fingerprint density at radius 3 is 1.82 bits per heavy atom. The van der Waals surface area contributed by atoms with E-state index in [1.165, 1.54) is 0 Å². The maximum Gasteiger partial charge on any atom is 0.530 e. The summed E-state index contributed by atoms with van der Waals surface area (Å²) in [6.07, 6.45) is 0.744. The van der Waals surface area contributed by atoms with Gasteiger partial charge in [0.05, 0.1) is 13.2 Å². The fourth-order valence-corrected chi connectivity index (χ4v) is 3.75. The number of hydrogen-bond donors (Lipinski definition) is 0. The first kappa shape index (κ1) is 20.0. The van der Waals surface area contributed by atoms with Crippen molar-refractivity contribution in [2.45, 2.75) is 20.1 Å². The molecule has 0 amide bonds. The topological polar surface area (TPSA) is 61.8 Å². The van der Waals surface area contributed by atoms with Crippen molar-refractivity contribution in [3.63, 3.8) is 0 Å². The number of phosphoric ester groups is 1. The minimum absolute atomic E-state index is 0.0817. The van der Waals surface area contributed by atoms with Gasteiger partial charge in [0.1, 0.15) is 12.0 Å². The predicted molar refractivity (Wildman–Crippen MR) is 107 cm³/mol. The summed E-state index contributed by atoms with van der Waals surface area (Å²) in [6, 6.07) is 23.6. The largest absolute Gasteiger partial charge is 0.530 e. The van der Waals surface area contributed by atoms with E-state index < -0.39 is 7.82 Å². The summed E-state index contributed by atoms with van der Waals surface area (Å²) in [5, 5.41) is 0. The normalized spacial score (nSPS) is 11.2. The first-order chi connectivity index (χ1) is 13.6. The average Bonchev–Trinajstić information content (AvgIpc) is 2.74. The second-order valence-corrected chi connectivity index (χ2v) is 7.79. The Hall–Kier alpha value is -2.72. The van der Waals surface area contributed by atoms with Crippen LogP contribution < -0.4 is 4.52 Å². The standard InChI is InChI=1S/C22H21O5P/c1-18-14-21(15-23)12-13-22(18)27-28(24,25-16-19-8-4-2-5-9-19)26-17-20-10-6-3-7-11-20/h2-15H,16-17H2,1H3. The number of aldehydes is 1. The van der Waals surface area contributed by atoms with Crippen LogP contribution in [0.3, 0.4) is 0 Å². The number of rotatable bonds is 9. The molecule has 0 spiro atoms. The monoisotopic (exact) mass is 396 g/mol. The SMILES string of the molecule is Cc1cc(C=O)ccc1OP(=O)(OCc1ccccc1)OCc1ccccc1. The zero-order valence-corrected chi connectivity index (χ0v) is 16.4. The third-order valence-electron chi connectivity index (χ3n) is 4.01. The highest BCUT2D eigenvalue weighted by Crippen LogP contribution is 2.51. The van der Waals surface area contributed by atoms with Gasteiger partial charge >= 0.3 is 7.82 Å². The van der Waals surface area contributed by atoms with Gasteiger partial charge in [-0.3, -0.25) is 13.8 Å². The van der Waals surface area contributed by atoms with Crippen LogP contribution in [0.15, 0.2) is 78.9 Å². The van der Waals surface area contributed by atoms with Crippen molar-refractivity contribution < 1.29 is 22.9 Å². The zero-order chi connectivity index (χ0) is 19.8. The second-order valence-electron chi connectivity index (χ2n) is 6.20. The number of phosphoric acid groups is 1. The molecule has 0 aromatic heterocycles. The van der Waals surface area contributed by atoms with Crippen molar-refractivity contribution >= 4 is 14.1 Å². The van der Waals surface area contributed by atoms with Gasteiger partial charge < -0.3 is 4.52 Å². The van der Waals surface area contributed by atoms with E-state index in [1.807, 2.05) is 60.7 Å². The molecule has 3 aromatic carbocycles. The van der Waals surface area contributed by atoms with E-state index in [9.17, 15) is 9.36 Å². The molecular formula is C22H21O5P. The van der Waals surface area contributed by atoms with Crippen molar-refractivity contribution in [2.75, 3.05) is 0 Å². The van der Waals surface area contributed by atoms with Crippen LogP contribution in [0.25, 0.3) is 0 Å². The van der Waals surface area contributed by atoms with Crippen molar-refractivity contribution in [2.24, 2.45) is 0 Å². The minimum atomic E-state index is -3.91. The molecule has 5 nitrogen and oxygen atoms in total. The summed E-state index contributed by atoms with van der Waals surface area (Å²) >= 11 is 0. The van der Waals surface area contributed by atoms with Gasteiger partial charge in [0.15, 0.2) is 0 Å². The smallest absolute Gasteiger partial charge is 0.404 e. The summed E-state index contributed by atoms with van der Waals surface area (Å²) < 4.78 is 30.2. The third-order valence-corrected chi connectivity index (χ3v) is 5.32. The highest BCUT2D eigenvalue weighted by Gasteiger charge is 2.29. The maximum atomic E-state index is 13.3. The number of carbonyl (C=O) groups excluding carboxylic acids is 1. The Labute approximate surface area is 164 Å². The zero-order valence-electron chi connectivity index (χ0n) is 15.5. The van der Waals surface area contributed by atoms with Crippen LogP contribution in [0.5, 0.6) is 5.75 Å².